The Labute approximate surface area is 190 Å². The zero-order valence-corrected chi connectivity index (χ0v) is 18.3. The van der Waals surface area contributed by atoms with E-state index in [-0.39, 0.29) is 28.9 Å². The number of anilines is 1. The number of nitrogens with one attached hydrogen (secondary N) is 2. The summed E-state index contributed by atoms with van der Waals surface area (Å²) in [6.07, 6.45) is 0. The van der Waals surface area contributed by atoms with E-state index in [4.69, 9.17) is 11.6 Å². The van der Waals surface area contributed by atoms with Crippen molar-refractivity contribution in [2.75, 3.05) is 12.4 Å². The van der Waals surface area contributed by atoms with Crippen molar-refractivity contribution in [1.29, 1.82) is 0 Å². The normalized spacial score (nSPS) is 10.8. The van der Waals surface area contributed by atoms with E-state index in [9.17, 15) is 18.8 Å². The average Bonchev–Trinajstić information content (AvgIpc) is 3.23. The fourth-order valence-corrected chi connectivity index (χ4v) is 4.00. The Morgan fingerprint density at radius 1 is 1.19 bits per heavy atom. The molecule has 0 spiro atoms. The summed E-state index contributed by atoms with van der Waals surface area (Å²) in [5, 5.41) is 4.75. The van der Waals surface area contributed by atoms with Gasteiger partial charge in [0, 0.05) is 17.6 Å². The summed E-state index contributed by atoms with van der Waals surface area (Å²) in [5.74, 6) is -1.06. The number of carbonyl (C=O) groups is 2. The molecule has 2 amide bonds. The van der Waals surface area contributed by atoms with Crippen molar-refractivity contribution in [2.24, 2.45) is 0 Å². The first-order valence-electron chi connectivity index (χ1n) is 9.40. The average molecular weight is 471 g/mol. The van der Waals surface area contributed by atoms with Crippen LogP contribution in [-0.4, -0.2) is 33.7 Å². The summed E-state index contributed by atoms with van der Waals surface area (Å²) in [6.45, 7) is 0.0494. The Kier molecular flexibility index (Phi) is 6.02. The summed E-state index contributed by atoms with van der Waals surface area (Å²) in [7, 11) is 1.56. The molecule has 0 aliphatic carbocycles. The Morgan fingerprint density at radius 3 is 2.69 bits per heavy atom. The molecule has 2 aromatic carbocycles. The molecule has 7 nitrogen and oxygen atoms in total. The van der Waals surface area contributed by atoms with Gasteiger partial charge in [0.15, 0.2) is 0 Å². The lowest BCUT2D eigenvalue weighted by molar-refractivity contribution is 0.0782. The molecule has 0 aliphatic heterocycles. The van der Waals surface area contributed by atoms with Crippen molar-refractivity contribution in [3.05, 3.63) is 92.1 Å². The summed E-state index contributed by atoms with van der Waals surface area (Å²) >= 11 is 7.36. The monoisotopic (exact) mass is 470 g/mol. The van der Waals surface area contributed by atoms with Crippen molar-refractivity contribution in [3.8, 4) is 0 Å². The van der Waals surface area contributed by atoms with E-state index in [2.05, 4.69) is 15.3 Å². The second kappa shape index (κ2) is 8.89. The molecule has 0 fully saturated rings. The van der Waals surface area contributed by atoms with Crippen LogP contribution in [0.4, 0.5) is 10.1 Å². The minimum Gasteiger partial charge on any atom is -0.334 e. The van der Waals surface area contributed by atoms with E-state index in [1.807, 2.05) is 0 Å². The van der Waals surface area contributed by atoms with Crippen molar-refractivity contribution < 1.29 is 14.0 Å². The number of aromatic amines is 1. The van der Waals surface area contributed by atoms with Crippen molar-refractivity contribution in [3.63, 3.8) is 0 Å². The van der Waals surface area contributed by atoms with E-state index < -0.39 is 17.6 Å². The van der Waals surface area contributed by atoms with E-state index in [0.717, 1.165) is 0 Å². The quantitative estimate of drug-likeness (QED) is 0.454. The van der Waals surface area contributed by atoms with Gasteiger partial charge in [-0.05, 0) is 53.9 Å². The van der Waals surface area contributed by atoms with Gasteiger partial charge in [-0.3, -0.25) is 14.4 Å². The van der Waals surface area contributed by atoms with Crippen LogP contribution < -0.4 is 10.9 Å². The Morgan fingerprint density at radius 2 is 1.94 bits per heavy atom. The number of rotatable bonds is 5. The Bertz CT molecular complexity index is 1380. The molecule has 0 radical (unpaired) electrons. The molecule has 0 atom stereocenters. The predicted octanol–water partition coefficient (Wildman–Crippen LogP) is 4.30. The molecule has 2 aromatic heterocycles. The van der Waals surface area contributed by atoms with Gasteiger partial charge in [-0.2, -0.15) is 0 Å². The Balaban J connectivity index is 1.57. The second-order valence-corrected chi connectivity index (χ2v) is 8.31. The molecular weight excluding hydrogens is 455 g/mol. The fourth-order valence-electron chi connectivity index (χ4n) is 3.10. The highest BCUT2D eigenvalue weighted by Crippen LogP contribution is 2.24. The van der Waals surface area contributed by atoms with Crippen LogP contribution in [0, 0.1) is 5.82 Å². The van der Waals surface area contributed by atoms with Gasteiger partial charge in [-0.15, -0.1) is 11.3 Å². The third kappa shape index (κ3) is 4.53. The minimum atomic E-state index is -0.516. The van der Waals surface area contributed by atoms with Crippen LogP contribution in [0.3, 0.4) is 0 Å². The van der Waals surface area contributed by atoms with Crippen LogP contribution in [0.15, 0.2) is 58.7 Å². The van der Waals surface area contributed by atoms with Gasteiger partial charge >= 0.3 is 0 Å². The summed E-state index contributed by atoms with van der Waals surface area (Å²) in [5.41, 5.74) is 0.932. The summed E-state index contributed by atoms with van der Waals surface area (Å²) < 4.78 is 13.7. The van der Waals surface area contributed by atoms with Gasteiger partial charge < -0.3 is 15.2 Å². The maximum Gasteiger partial charge on any atom is 0.268 e. The first kappa shape index (κ1) is 21.7. The standard InChI is InChI=1S/C22H16ClFN4O3S/c1-28(11-18-25-16-8-9-32-19(16)21(30)27-18)22(31)15-7-4-13(23)10-17(15)26-20(29)12-2-5-14(24)6-3-12/h2-10H,11H2,1H3,(H,26,29)(H,25,27,30). The molecular formula is C22H16ClFN4O3S. The van der Waals surface area contributed by atoms with Crippen LogP contribution in [0.2, 0.25) is 5.02 Å². The molecule has 0 aliphatic rings. The maximum absolute atomic E-state index is 13.1. The number of H-pyrrole nitrogens is 1. The molecule has 0 unspecified atom stereocenters. The zero-order valence-electron chi connectivity index (χ0n) is 16.7. The number of benzene rings is 2. The molecule has 10 heteroatoms. The van der Waals surface area contributed by atoms with Crippen LogP contribution in [-0.2, 0) is 6.54 Å². The number of fused-ring (bicyclic) bond motifs is 1. The second-order valence-electron chi connectivity index (χ2n) is 6.96. The summed E-state index contributed by atoms with van der Waals surface area (Å²) in [6, 6.07) is 11.3. The number of halogens is 2. The number of carbonyl (C=O) groups excluding carboxylic acids is 2. The predicted molar refractivity (Wildman–Crippen MR) is 122 cm³/mol. The smallest absolute Gasteiger partial charge is 0.268 e. The van der Waals surface area contributed by atoms with E-state index in [1.54, 1.807) is 18.5 Å². The van der Waals surface area contributed by atoms with Gasteiger partial charge in [0.25, 0.3) is 17.4 Å². The van der Waals surface area contributed by atoms with Gasteiger partial charge in [0.2, 0.25) is 0 Å². The molecule has 4 rings (SSSR count). The summed E-state index contributed by atoms with van der Waals surface area (Å²) in [4.78, 5) is 46.3. The minimum absolute atomic E-state index is 0.0494. The van der Waals surface area contributed by atoms with Crippen LogP contribution in [0.1, 0.15) is 26.5 Å². The van der Waals surface area contributed by atoms with Crippen LogP contribution >= 0.6 is 22.9 Å². The highest BCUT2D eigenvalue weighted by molar-refractivity contribution is 7.17. The molecule has 0 bridgehead atoms. The topological polar surface area (TPSA) is 95.2 Å². The lowest BCUT2D eigenvalue weighted by Gasteiger charge is -2.19. The first-order valence-corrected chi connectivity index (χ1v) is 10.7. The fraction of sp³-hybridized carbons (Fsp3) is 0.0909. The SMILES string of the molecule is CN(Cc1nc2ccsc2c(=O)[nH]1)C(=O)c1ccc(Cl)cc1NC(=O)c1ccc(F)cc1. The molecule has 162 valence electrons. The molecule has 0 saturated heterocycles. The number of nitrogens with zero attached hydrogens (tertiary/aromatic N) is 2. The van der Waals surface area contributed by atoms with Crippen LogP contribution in [0.5, 0.6) is 0 Å². The lowest BCUT2D eigenvalue weighted by atomic mass is 10.1. The maximum atomic E-state index is 13.1. The molecule has 2 heterocycles. The zero-order chi connectivity index (χ0) is 22.8. The van der Waals surface area contributed by atoms with Gasteiger partial charge in [0.05, 0.1) is 23.3 Å². The van der Waals surface area contributed by atoms with E-state index in [1.165, 1.54) is 58.7 Å². The van der Waals surface area contributed by atoms with Crippen molar-refractivity contribution in [1.82, 2.24) is 14.9 Å². The first-order chi connectivity index (χ1) is 15.3. The highest BCUT2D eigenvalue weighted by Gasteiger charge is 2.20. The van der Waals surface area contributed by atoms with Crippen molar-refractivity contribution in [2.45, 2.75) is 6.54 Å². The third-order valence-electron chi connectivity index (χ3n) is 4.66. The van der Waals surface area contributed by atoms with Gasteiger partial charge in [-0.25, -0.2) is 9.37 Å². The largest absolute Gasteiger partial charge is 0.334 e. The number of hydrogen-bond donors (Lipinski definition) is 2. The van der Waals surface area contributed by atoms with Crippen LogP contribution in [0.25, 0.3) is 10.2 Å². The lowest BCUT2D eigenvalue weighted by Crippen LogP contribution is -2.29. The number of thiophene rings is 1. The number of amides is 2. The Hall–Kier alpha value is -3.56. The number of aromatic nitrogens is 2. The molecule has 0 saturated carbocycles. The third-order valence-corrected chi connectivity index (χ3v) is 5.80. The molecule has 4 aromatic rings. The van der Waals surface area contributed by atoms with E-state index >= 15 is 0 Å². The van der Waals surface area contributed by atoms with Gasteiger partial charge in [0.1, 0.15) is 16.3 Å². The highest BCUT2D eigenvalue weighted by atomic mass is 35.5. The number of hydrogen-bond acceptors (Lipinski definition) is 5. The molecule has 32 heavy (non-hydrogen) atoms. The molecule has 2 N–H and O–H groups in total. The van der Waals surface area contributed by atoms with Gasteiger partial charge in [-0.1, -0.05) is 11.6 Å². The van der Waals surface area contributed by atoms with Crippen molar-refractivity contribution >= 4 is 50.7 Å². The van der Waals surface area contributed by atoms with E-state index in [0.29, 0.717) is 21.1 Å².